The first-order valence-corrected chi connectivity index (χ1v) is 4.88. The van der Waals surface area contributed by atoms with Crippen molar-refractivity contribution >= 4 is 0 Å². The minimum Gasteiger partial charge on any atom is -0.387 e. The van der Waals surface area contributed by atoms with Gasteiger partial charge in [-0.2, -0.15) is 0 Å². The van der Waals surface area contributed by atoms with Gasteiger partial charge in [-0.1, -0.05) is 13.8 Å². The van der Waals surface area contributed by atoms with Crippen molar-refractivity contribution in [3.63, 3.8) is 0 Å². The van der Waals surface area contributed by atoms with E-state index in [2.05, 4.69) is 31.4 Å². The van der Waals surface area contributed by atoms with Gasteiger partial charge in [0.25, 0.3) is 0 Å². The van der Waals surface area contributed by atoms with Gasteiger partial charge >= 0.3 is 0 Å². The van der Waals surface area contributed by atoms with Crippen molar-refractivity contribution in [2.45, 2.75) is 26.7 Å². The second kappa shape index (κ2) is 2.96. The van der Waals surface area contributed by atoms with E-state index in [0.717, 1.165) is 18.4 Å². The molecule has 0 bridgehead atoms. The second-order valence-electron chi connectivity index (χ2n) is 4.26. The van der Waals surface area contributed by atoms with E-state index in [0.29, 0.717) is 0 Å². The van der Waals surface area contributed by atoms with Crippen LogP contribution in [0.5, 0.6) is 0 Å². The lowest BCUT2D eigenvalue weighted by Crippen LogP contribution is -2.13. The van der Waals surface area contributed by atoms with E-state index in [1.165, 1.54) is 12.8 Å². The van der Waals surface area contributed by atoms with Crippen LogP contribution in [0, 0.1) is 11.8 Å². The number of allylic oxidation sites excluding steroid dienone is 2. The standard InChI is InChI=1S/C11H17N/c1-8(2)10-5-9-3-4-12-7-11(9)6-10/h3-4,8,10,12H,5-7H2,1-2H3. The molecule has 1 aliphatic heterocycles. The molecule has 1 atom stereocenters. The smallest absolute Gasteiger partial charge is 0.0360 e. The van der Waals surface area contributed by atoms with Crippen LogP contribution in [-0.4, -0.2) is 6.54 Å². The Balaban J connectivity index is 2.08. The van der Waals surface area contributed by atoms with Crippen LogP contribution in [0.4, 0.5) is 0 Å². The highest BCUT2D eigenvalue weighted by Gasteiger charge is 2.25. The molecule has 0 amide bonds. The van der Waals surface area contributed by atoms with Crippen LogP contribution in [0.15, 0.2) is 23.4 Å². The topological polar surface area (TPSA) is 12.0 Å². The Morgan fingerprint density at radius 2 is 2.25 bits per heavy atom. The van der Waals surface area contributed by atoms with Gasteiger partial charge in [0, 0.05) is 6.54 Å². The summed E-state index contributed by atoms with van der Waals surface area (Å²) in [5.41, 5.74) is 3.25. The van der Waals surface area contributed by atoms with E-state index in [-0.39, 0.29) is 0 Å². The first-order valence-electron chi connectivity index (χ1n) is 4.88. The summed E-state index contributed by atoms with van der Waals surface area (Å²) in [5, 5.41) is 3.28. The van der Waals surface area contributed by atoms with Gasteiger partial charge in [-0.15, -0.1) is 0 Å². The maximum atomic E-state index is 3.28. The molecule has 0 aromatic rings. The summed E-state index contributed by atoms with van der Waals surface area (Å²) in [5.74, 6) is 1.74. The lowest BCUT2D eigenvalue weighted by Gasteiger charge is -2.13. The SMILES string of the molecule is CC(C)C1CC2=C(CNC=C2)C1. The van der Waals surface area contributed by atoms with E-state index in [9.17, 15) is 0 Å². The predicted molar refractivity (Wildman–Crippen MR) is 51.7 cm³/mol. The summed E-state index contributed by atoms with van der Waals surface area (Å²) in [7, 11) is 0. The summed E-state index contributed by atoms with van der Waals surface area (Å²) in [4.78, 5) is 0. The molecule has 1 nitrogen and oxygen atoms in total. The normalized spacial score (nSPS) is 27.8. The zero-order valence-electron chi connectivity index (χ0n) is 7.93. The van der Waals surface area contributed by atoms with E-state index in [1.807, 2.05) is 0 Å². The van der Waals surface area contributed by atoms with Crippen LogP contribution in [0.2, 0.25) is 0 Å². The highest BCUT2D eigenvalue weighted by atomic mass is 14.8. The largest absolute Gasteiger partial charge is 0.387 e. The van der Waals surface area contributed by atoms with E-state index < -0.39 is 0 Å². The maximum absolute atomic E-state index is 3.28. The van der Waals surface area contributed by atoms with Crippen molar-refractivity contribution < 1.29 is 0 Å². The average molecular weight is 163 g/mol. The molecule has 1 heteroatoms. The third-order valence-electron chi connectivity index (χ3n) is 3.11. The fourth-order valence-corrected chi connectivity index (χ4v) is 2.13. The van der Waals surface area contributed by atoms with Crippen molar-refractivity contribution in [3.05, 3.63) is 23.4 Å². The number of rotatable bonds is 1. The monoisotopic (exact) mass is 163 g/mol. The summed E-state index contributed by atoms with van der Waals surface area (Å²) in [6.45, 7) is 5.76. The van der Waals surface area contributed by atoms with Crippen LogP contribution < -0.4 is 5.32 Å². The molecule has 0 aromatic carbocycles. The molecule has 12 heavy (non-hydrogen) atoms. The molecule has 1 unspecified atom stereocenters. The molecule has 0 saturated carbocycles. The molecule has 0 spiro atoms. The Morgan fingerprint density at radius 3 is 2.92 bits per heavy atom. The Hall–Kier alpha value is -0.720. The highest BCUT2D eigenvalue weighted by molar-refractivity contribution is 5.34. The Kier molecular flexibility index (Phi) is 1.95. The van der Waals surface area contributed by atoms with Gasteiger partial charge in [0.1, 0.15) is 0 Å². The minimum absolute atomic E-state index is 0.837. The molecule has 1 heterocycles. The fourth-order valence-electron chi connectivity index (χ4n) is 2.13. The fraction of sp³-hybridized carbons (Fsp3) is 0.636. The number of dihydropyridines is 1. The van der Waals surface area contributed by atoms with Crippen molar-refractivity contribution in [2.75, 3.05) is 6.54 Å². The Labute approximate surface area is 74.5 Å². The van der Waals surface area contributed by atoms with Crippen LogP contribution in [0.25, 0.3) is 0 Å². The number of nitrogens with one attached hydrogen (secondary N) is 1. The van der Waals surface area contributed by atoms with Crippen molar-refractivity contribution in [2.24, 2.45) is 11.8 Å². The highest BCUT2D eigenvalue weighted by Crippen LogP contribution is 2.37. The van der Waals surface area contributed by atoms with Gasteiger partial charge in [0.2, 0.25) is 0 Å². The Morgan fingerprint density at radius 1 is 1.42 bits per heavy atom. The molecule has 2 aliphatic rings. The van der Waals surface area contributed by atoms with Crippen molar-refractivity contribution in [1.82, 2.24) is 5.32 Å². The average Bonchev–Trinajstić information content (AvgIpc) is 2.46. The first kappa shape index (κ1) is 7.90. The van der Waals surface area contributed by atoms with Crippen molar-refractivity contribution in [1.29, 1.82) is 0 Å². The molecule has 0 aromatic heterocycles. The zero-order chi connectivity index (χ0) is 8.55. The van der Waals surface area contributed by atoms with Gasteiger partial charge in [-0.3, -0.25) is 0 Å². The minimum atomic E-state index is 0.837. The van der Waals surface area contributed by atoms with Gasteiger partial charge in [0.15, 0.2) is 0 Å². The molecule has 2 rings (SSSR count). The maximum Gasteiger partial charge on any atom is 0.0360 e. The van der Waals surface area contributed by atoms with Crippen molar-refractivity contribution in [3.8, 4) is 0 Å². The van der Waals surface area contributed by atoms with Crippen LogP contribution in [0.1, 0.15) is 26.7 Å². The molecular formula is C11H17N. The number of hydrogen-bond acceptors (Lipinski definition) is 1. The predicted octanol–water partition coefficient (Wildman–Crippen LogP) is 2.47. The number of hydrogen-bond donors (Lipinski definition) is 1. The molecule has 66 valence electrons. The molecular weight excluding hydrogens is 146 g/mol. The first-order chi connectivity index (χ1) is 5.77. The third-order valence-corrected chi connectivity index (χ3v) is 3.11. The lowest BCUT2D eigenvalue weighted by atomic mass is 9.92. The second-order valence-corrected chi connectivity index (χ2v) is 4.26. The molecule has 1 aliphatic carbocycles. The van der Waals surface area contributed by atoms with Crippen LogP contribution >= 0.6 is 0 Å². The van der Waals surface area contributed by atoms with Crippen LogP contribution in [-0.2, 0) is 0 Å². The molecule has 0 fully saturated rings. The molecule has 0 saturated heterocycles. The van der Waals surface area contributed by atoms with E-state index in [1.54, 1.807) is 11.1 Å². The van der Waals surface area contributed by atoms with Gasteiger partial charge in [-0.25, -0.2) is 0 Å². The summed E-state index contributed by atoms with van der Waals surface area (Å²) in [6, 6.07) is 0. The van der Waals surface area contributed by atoms with Gasteiger partial charge < -0.3 is 5.32 Å². The summed E-state index contributed by atoms with van der Waals surface area (Å²) >= 11 is 0. The van der Waals surface area contributed by atoms with Gasteiger partial charge in [0.05, 0.1) is 0 Å². The quantitative estimate of drug-likeness (QED) is 0.626. The summed E-state index contributed by atoms with van der Waals surface area (Å²) in [6.07, 6.45) is 6.97. The zero-order valence-corrected chi connectivity index (χ0v) is 7.93. The van der Waals surface area contributed by atoms with E-state index in [4.69, 9.17) is 0 Å². The summed E-state index contributed by atoms with van der Waals surface area (Å²) < 4.78 is 0. The lowest BCUT2D eigenvalue weighted by molar-refractivity contribution is 0.402. The van der Waals surface area contributed by atoms with Crippen LogP contribution in [0.3, 0.4) is 0 Å². The molecule has 1 N–H and O–H groups in total. The van der Waals surface area contributed by atoms with E-state index >= 15 is 0 Å². The Bertz CT molecular complexity index is 235. The molecule has 0 radical (unpaired) electrons. The third kappa shape index (κ3) is 1.28. The van der Waals surface area contributed by atoms with Gasteiger partial charge in [-0.05, 0) is 48.1 Å².